The molecular formula is C13H14N4OS2. The first kappa shape index (κ1) is 13.4. The van der Waals surface area contributed by atoms with Gasteiger partial charge in [-0.2, -0.15) is 0 Å². The molecule has 20 heavy (non-hydrogen) atoms. The van der Waals surface area contributed by atoms with Gasteiger partial charge < -0.3 is 4.42 Å². The van der Waals surface area contributed by atoms with E-state index in [1.54, 1.807) is 22.7 Å². The molecule has 5 nitrogen and oxygen atoms in total. The van der Waals surface area contributed by atoms with Gasteiger partial charge in [0, 0.05) is 11.1 Å². The van der Waals surface area contributed by atoms with Gasteiger partial charge in [0.15, 0.2) is 0 Å². The molecule has 104 valence electrons. The predicted molar refractivity (Wildman–Crippen MR) is 79.7 cm³/mol. The van der Waals surface area contributed by atoms with Gasteiger partial charge in [-0.25, -0.2) is 4.98 Å². The maximum Gasteiger partial charge on any atom is 0.257 e. The fourth-order valence-electron chi connectivity index (χ4n) is 1.72. The summed E-state index contributed by atoms with van der Waals surface area (Å²) in [5, 5.41) is 16.6. The van der Waals surface area contributed by atoms with Crippen LogP contribution in [-0.2, 0) is 6.54 Å². The Morgan fingerprint density at radius 1 is 1.35 bits per heavy atom. The largest absolute Gasteiger partial charge is 0.419 e. The molecule has 3 aromatic rings. The van der Waals surface area contributed by atoms with Crippen molar-refractivity contribution in [2.24, 2.45) is 0 Å². The van der Waals surface area contributed by atoms with Crippen molar-refractivity contribution in [3.63, 3.8) is 0 Å². The average molecular weight is 306 g/mol. The minimum Gasteiger partial charge on any atom is -0.419 e. The second-order valence-electron chi connectivity index (χ2n) is 4.41. The van der Waals surface area contributed by atoms with E-state index in [1.165, 1.54) is 0 Å². The molecule has 0 aliphatic carbocycles. The Hall–Kier alpha value is -1.57. The lowest BCUT2D eigenvalue weighted by molar-refractivity contribution is 0.454. The predicted octanol–water partition coefficient (Wildman–Crippen LogP) is 3.41. The highest BCUT2D eigenvalue weighted by Gasteiger charge is 2.12. The van der Waals surface area contributed by atoms with E-state index in [9.17, 15) is 0 Å². The Kier molecular flexibility index (Phi) is 3.90. The Morgan fingerprint density at radius 2 is 2.25 bits per heavy atom. The van der Waals surface area contributed by atoms with Crippen molar-refractivity contribution in [3.05, 3.63) is 39.5 Å². The van der Waals surface area contributed by atoms with Crippen molar-refractivity contribution in [3.8, 4) is 10.8 Å². The summed E-state index contributed by atoms with van der Waals surface area (Å²) >= 11 is 3.25. The van der Waals surface area contributed by atoms with Crippen molar-refractivity contribution in [1.29, 1.82) is 0 Å². The fourth-order valence-corrected chi connectivity index (χ4v) is 3.20. The third-order valence-corrected chi connectivity index (χ3v) is 4.77. The standard InChI is InChI=1S/C13H14N4OS2/c1-8-7-20-13(15-8)9(2)14-6-11-16-17-12(18-11)10-4-3-5-19-10/h3-5,7,9,14H,6H2,1-2H3. The molecule has 0 spiro atoms. The van der Waals surface area contributed by atoms with E-state index in [-0.39, 0.29) is 6.04 Å². The molecule has 0 saturated carbocycles. The van der Waals surface area contributed by atoms with E-state index in [2.05, 4.69) is 32.8 Å². The van der Waals surface area contributed by atoms with Crippen molar-refractivity contribution >= 4 is 22.7 Å². The Morgan fingerprint density at radius 3 is 2.95 bits per heavy atom. The summed E-state index contributed by atoms with van der Waals surface area (Å²) in [4.78, 5) is 5.45. The Balaban J connectivity index is 1.61. The summed E-state index contributed by atoms with van der Waals surface area (Å²) in [5.41, 5.74) is 1.05. The van der Waals surface area contributed by atoms with Gasteiger partial charge in [-0.1, -0.05) is 6.07 Å². The van der Waals surface area contributed by atoms with Crippen LogP contribution < -0.4 is 5.32 Å². The third-order valence-electron chi connectivity index (χ3n) is 2.77. The zero-order valence-corrected chi connectivity index (χ0v) is 12.8. The molecule has 0 amide bonds. The minimum absolute atomic E-state index is 0.172. The lowest BCUT2D eigenvalue weighted by Gasteiger charge is -2.08. The molecule has 0 saturated heterocycles. The number of nitrogens with zero attached hydrogens (tertiary/aromatic N) is 3. The number of hydrogen-bond donors (Lipinski definition) is 1. The van der Waals surface area contributed by atoms with Crippen LogP contribution in [0.15, 0.2) is 27.3 Å². The zero-order chi connectivity index (χ0) is 13.9. The van der Waals surface area contributed by atoms with E-state index >= 15 is 0 Å². The number of aryl methyl sites for hydroxylation is 1. The van der Waals surface area contributed by atoms with E-state index in [1.807, 2.05) is 24.4 Å². The highest BCUT2D eigenvalue weighted by atomic mass is 32.1. The zero-order valence-electron chi connectivity index (χ0n) is 11.2. The minimum atomic E-state index is 0.172. The molecule has 1 N–H and O–H groups in total. The molecule has 0 bridgehead atoms. The van der Waals surface area contributed by atoms with Gasteiger partial charge in [-0.3, -0.25) is 5.32 Å². The van der Waals surface area contributed by atoms with Crippen LogP contribution in [0.3, 0.4) is 0 Å². The summed E-state index contributed by atoms with van der Waals surface area (Å²) in [6.45, 7) is 4.62. The van der Waals surface area contributed by atoms with Gasteiger partial charge >= 0.3 is 0 Å². The van der Waals surface area contributed by atoms with Gasteiger partial charge in [0.2, 0.25) is 5.89 Å². The summed E-state index contributed by atoms with van der Waals surface area (Å²) in [7, 11) is 0. The van der Waals surface area contributed by atoms with Gasteiger partial charge in [-0.05, 0) is 25.3 Å². The Bertz CT molecular complexity index is 674. The van der Waals surface area contributed by atoms with Crippen molar-refractivity contribution in [2.45, 2.75) is 26.4 Å². The van der Waals surface area contributed by atoms with Gasteiger partial charge in [0.25, 0.3) is 5.89 Å². The van der Waals surface area contributed by atoms with Gasteiger partial charge in [0.05, 0.1) is 17.5 Å². The van der Waals surface area contributed by atoms with Crippen LogP contribution in [0.25, 0.3) is 10.8 Å². The summed E-state index contributed by atoms with van der Waals surface area (Å²) < 4.78 is 5.63. The Labute approximate surface area is 124 Å². The van der Waals surface area contributed by atoms with Crippen LogP contribution in [0.4, 0.5) is 0 Å². The van der Waals surface area contributed by atoms with E-state index in [4.69, 9.17) is 4.42 Å². The smallest absolute Gasteiger partial charge is 0.257 e. The molecule has 0 aromatic carbocycles. The molecule has 0 radical (unpaired) electrons. The first-order chi connectivity index (χ1) is 9.72. The van der Waals surface area contributed by atoms with Crippen molar-refractivity contribution in [2.75, 3.05) is 0 Å². The van der Waals surface area contributed by atoms with E-state index in [0.29, 0.717) is 18.3 Å². The number of aromatic nitrogens is 3. The van der Waals surface area contributed by atoms with E-state index in [0.717, 1.165) is 15.6 Å². The summed E-state index contributed by atoms with van der Waals surface area (Å²) in [6.07, 6.45) is 0. The maximum atomic E-state index is 5.63. The fraction of sp³-hybridized carbons (Fsp3) is 0.308. The molecule has 1 unspecified atom stereocenters. The van der Waals surface area contributed by atoms with Crippen LogP contribution in [0.5, 0.6) is 0 Å². The molecular weight excluding hydrogens is 292 g/mol. The second kappa shape index (κ2) is 5.82. The number of nitrogens with one attached hydrogen (secondary N) is 1. The molecule has 3 rings (SSSR count). The molecule has 0 aliphatic heterocycles. The topological polar surface area (TPSA) is 63.8 Å². The van der Waals surface area contributed by atoms with Crippen molar-refractivity contribution < 1.29 is 4.42 Å². The van der Waals surface area contributed by atoms with Crippen LogP contribution in [0.1, 0.15) is 29.6 Å². The first-order valence-corrected chi connectivity index (χ1v) is 8.00. The normalized spacial score (nSPS) is 12.7. The summed E-state index contributed by atoms with van der Waals surface area (Å²) in [6, 6.07) is 4.11. The van der Waals surface area contributed by atoms with E-state index < -0.39 is 0 Å². The lowest BCUT2D eigenvalue weighted by atomic mass is 10.3. The van der Waals surface area contributed by atoms with Crippen LogP contribution in [0, 0.1) is 6.92 Å². The van der Waals surface area contributed by atoms with Gasteiger partial charge in [-0.15, -0.1) is 32.9 Å². The molecule has 7 heteroatoms. The van der Waals surface area contributed by atoms with Gasteiger partial charge in [0.1, 0.15) is 5.01 Å². The third kappa shape index (κ3) is 2.95. The summed E-state index contributed by atoms with van der Waals surface area (Å²) in [5.74, 6) is 1.17. The highest BCUT2D eigenvalue weighted by Crippen LogP contribution is 2.23. The molecule has 0 aliphatic rings. The highest BCUT2D eigenvalue weighted by molar-refractivity contribution is 7.13. The number of rotatable bonds is 5. The molecule has 1 atom stereocenters. The average Bonchev–Trinajstić information content (AvgIpc) is 3.16. The van der Waals surface area contributed by atoms with Crippen LogP contribution in [0.2, 0.25) is 0 Å². The number of hydrogen-bond acceptors (Lipinski definition) is 7. The molecule has 3 aromatic heterocycles. The maximum absolute atomic E-state index is 5.63. The SMILES string of the molecule is Cc1csc(C(C)NCc2nnc(-c3cccs3)o2)n1. The van der Waals surface area contributed by atoms with Crippen LogP contribution >= 0.6 is 22.7 Å². The molecule has 0 fully saturated rings. The number of thiophene rings is 1. The quantitative estimate of drug-likeness (QED) is 0.782. The number of thiazole rings is 1. The van der Waals surface area contributed by atoms with Crippen molar-refractivity contribution in [1.82, 2.24) is 20.5 Å². The van der Waals surface area contributed by atoms with Crippen LogP contribution in [-0.4, -0.2) is 15.2 Å². The second-order valence-corrected chi connectivity index (χ2v) is 6.25. The molecule has 3 heterocycles. The monoisotopic (exact) mass is 306 g/mol. The first-order valence-electron chi connectivity index (χ1n) is 6.24. The lowest BCUT2D eigenvalue weighted by Crippen LogP contribution is -2.18.